The second-order valence-electron chi connectivity index (χ2n) is 5.68. The molecule has 130 valence electrons. The molecule has 0 fully saturated rings. The van der Waals surface area contributed by atoms with Gasteiger partial charge in [0.2, 0.25) is 0 Å². The summed E-state index contributed by atoms with van der Waals surface area (Å²) in [6, 6.07) is 15.6. The molecule has 2 heterocycles. The van der Waals surface area contributed by atoms with Crippen LogP contribution in [0.5, 0.6) is 5.75 Å². The normalized spacial score (nSPS) is 11.4. The number of aromatic nitrogens is 4. The summed E-state index contributed by atoms with van der Waals surface area (Å²) in [6.07, 6.45) is 6.98. The van der Waals surface area contributed by atoms with Gasteiger partial charge in [0.15, 0.2) is 0 Å². The topological polar surface area (TPSA) is 57.2 Å². The second-order valence-corrected chi connectivity index (χ2v) is 6.12. The number of halogens is 1. The average Bonchev–Trinajstić information content (AvgIpc) is 3.30. The fraction of sp³-hybridized carbons (Fsp3) is 0.105. The van der Waals surface area contributed by atoms with E-state index in [0.717, 1.165) is 28.8 Å². The zero-order chi connectivity index (χ0) is 17.8. The van der Waals surface area contributed by atoms with Gasteiger partial charge < -0.3 is 9.30 Å². The minimum absolute atomic E-state index is 0.558. The van der Waals surface area contributed by atoms with E-state index in [1.807, 2.05) is 42.6 Å². The van der Waals surface area contributed by atoms with Crippen LogP contribution in [0.25, 0.3) is 10.9 Å². The molecule has 0 unspecified atom stereocenters. The molecule has 4 aromatic rings. The third-order valence-corrected chi connectivity index (χ3v) is 4.22. The standard InChI is InChI=1S/C19H16ClN5O/c20-16-5-7-17(8-6-16)26-10-9-24-12-15(11-23-25-13-21-22-14-25)18-3-1-2-4-19(18)24/h1-8,11-14H,9-10H2/b23-11-. The van der Waals surface area contributed by atoms with Gasteiger partial charge in [0.1, 0.15) is 25.0 Å². The van der Waals surface area contributed by atoms with Crippen LogP contribution in [0.2, 0.25) is 5.02 Å². The van der Waals surface area contributed by atoms with Crippen molar-refractivity contribution in [3.8, 4) is 5.75 Å². The Balaban J connectivity index is 1.52. The summed E-state index contributed by atoms with van der Waals surface area (Å²) < 4.78 is 9.54. The second kappa shape index (κ2) is 7.41. The van der Waals surface area contributed by atoms with E-state index in [1.165, 1.54) is 0 Å². The zero-order valence-corrected chi connectivity index (χ0v) is 14.6. The van der Waals surface area contributed by atoms with Crippen LogP contribution in [-0.2, 0) is 6.54 Å². The first-order chi connectivity index (χ1) is 12.8. The summed E-state index contributed by atoms with van der Waals surface area (Å²) in [4.78, 5) is 0. The molecule has 6 nitrogen and oxygen atoms in total. The van der Waals surface area contributed by atoms with Crippen LogP contribution in [0.4, 0.5) is 0 Å². The first-order valence-corrected chi connectivity index (χ1v) is 8.52. The molecule has 2 aromatic heterocycles. The van der Waals surface area contributed by atoms with Crippen molar-refractivity contribution in [1.82, 2.24) is 19.4 Å². The Morgan fingerprint density at radius 2 is 1.81 bits per heavy atom. The maximum atomic E-state index is 5.89. The number of hydrogen-bond acceptors (Lipinski definition) is 4. The molecule has 0 atom stereocenters. The lowest BCUT2D eigenvalue weighted by atomic mass is 10.2. The van der Waals surface area contributed by atoms with Gasteiger partial charge in [-0.3, -0.25) is 0 Å². The van der Waals surface area contributed by atoms with E-state index in [-0.39, 0.29) is 0 Å². The Kier molecular flexibility index (Phi) is 4.66. The zero-order valence-electron chi connectivity index (χ0n) is 13.9. The van der Waals surface area contributed by atoms with Crippen LogP contribution >= 0.6 is 11.6 Å². The lowest BCUT2D eigenvalue weighted by Crippen LogP contribution is -2.07. The van der Waals surface area contributed by atoms with Gasteiger partial charge in [-0.2, -0.15) is 5.10 Å². The highest BCUT2D eigenvalue weighted by Crippen LogP contribution is 2.20. The molecule has 26 heavy (non-hydrogen) atoms. The molecule has 2 aromatic carbocycles. The predicted octanol–water partition coefficient (Wildman–Crippen LogP) is 3.85. The summed E-state index contributed by atoms with van der Waals surface area (Å²) in [7, 11) is 0. The van der Waals surface area contributed by atoms with Gasteiger partial charge in [0.25, 0.3) is 0 Å². The molecule has 0 spiro atoms. The van der Waals surface area contributed by atoms with Gasteiger partial charge in [0, 0.05) is 27.7 Å². The summed E-state index contributed by atoms with van der Waals surface area (Å²) in [5, 5.41) is 13.7. The third kappa shape index (κ3) is 3.60. The van der Waals surface area contributed by atoms with Crippen LogP contribution < -0.4 is 4.74 Å². The molecule has 0 bridgehead atoms. The molecule has 0 saturated carbocycles. The number of benzene rings is 2. The highest BCUT2D eigenvalue weighted by atomic mass is 35.5. The van der Waals surface area contributed by atoms with Crippen molar-refractivity contribution in [2.75, 3.05) is 6.61 Å². The van der Waals surface area contributed by atoms with E-state index >= 15 is 0 Å². The Morgan fingerprint density at radius 1 is 1.04 bits per heavy atom. The van der Waals surface area contributed by atoms with Crippen molar-refractivity contribution < 1.29 is 4.74 Å². The molecular weight excluding hydrogens is 350 g/mol. The maximum Gasteiger partial charge on any atom is 0.141 e. The number of para-hydroxylation sites is 1. The average molecular weight is 366 g/mol. The van der Waals surface area contributed by atoms with Gasteiger partial charge in [-0.15, -0.1) is 10.2 Å². The monoisotopic (exact) mass is 365 g/mol. The third-order valence-electron chi connectivity index (χ3n) is 3.97. The number of nitrogens with zero attached hydrogens (tertiary/aromatic N) is 5. The van der Waals surface area contributed by atoms with E-state index < -0.39 is 0 Å². The Bertz CT molecular complexity index is 1020. The number of fused-ring (bicyclic) bond motifs is 1. The molecule has 0 aliphatic heterocycles. The van der Waals surface area contributed by atoms with Crippen LogP contribution in [0.1, 0.15) is 5.56 Å². The van der Waals surface area contributed by atoms with E-state index in [0.29, 0.717) is 11.6 Å². The summed E-state index contributed by atoms with van der Waals surface area (Å²) in [5.41, 5.74) is 2.17. The summed E-state index contributed by atoms with van der Waals surface area (Å²) >= 11 is 5.89. The first kappa shape index (κ1) is 16.4. The Hall–Kier alpha value is -3.12. The molecule has 0 radical (unpaired) electrons. The van der Waals surface area contributed by atoms with Crippen molar-refractivity contribution in [3.63, 3.8) is 0 Å². The van der Waals surface area contributed by atoms with Gasteiger partial charge in [0.05, 0.1) is 12.8 Å². The fourth-order valence-corrected chi connectivity index (χ4v) is 2.87. The number of rotatable bonds is 6. The van der Waals surface area contributed by atoms with Crippen molar-refractivity contribution in [3.05, 3.63) is 78.0 Å². The summed E-state index contributed by atoms with van der Waals surface area (Å²) in [6.45, 7) is 1.28. The van der Waals surface area contributed by atoms with Crippen molar-refractivity contribution >= 4 is 28.7 Å². The van der Waals surface area contributed by atoms with Crippen LogP contribution in [0.3, 0.4) is 0 Å². The van der Waals surface area contributed by atoms with Crippen LogP contribution in [-0.4, -0.2) is 32.3 Å². The molecule has 0 aliphatic carbocycles. The highest BCUT2D eigenvalue weighted by molar-refractivity contribution is 6.30. The lowest BCUT2D eigenvalue weighted by Gasteiger charge is -2.08. The maximum absolute atomic E-state index is 5.89. The molecule has 0 aliphatic rings. The van der Waals surface area contributed by atoms with Gasteiger partial charge >= 0.3 is 0 Å². The minimum Gasteiger partial charge on any atom is -0.492 e. The molecule has 0 saturated heterocycles. The van der Waals surface area contributed by atoms with Crippen molar-refractivity contribution in [2.24, 2.45) is 5.10 Å². The smallest absolute Gasteiger partial charge is 0.141 e. The number of ether oxygens (including phenoxy) is 1. The van der Waals surface area contributed by atoms with E-state index in [9.17, 15) is 0 Å². The van der Waals surface area contributed by atoms with Gasteiger partial charge in [-0.1, -0.05) is 29.8 Å². The first-order valence-electron chi connectivity index (χ1n) is 8.15. The molecule has 7 heteroatoms. The molecular formula is C19H16ClN5O. The predicted molar refractivity (Wildman–Crippen MR) is 102 cm³/mol. The number of hydrogen-bond donors (Lipinski definition) is 0. The molecule has 4 rings (SSSR count). The quantitative estimate of drug-likeness (QED) is 0.488. The SMILES string of the molecule is Clc1ccc(OCCn2cc(/C=N\n3cnnc3)c3ccccc32)cc1. The molecule has 0 N–H and O–H groups in total. The molecule has 0 amide bonds. The van der Waals surface area contributed by atoms with Crippen molar-refractivity contribution in [1.29, 1.82) is 0 Å². The van der Waals surface area contributed by atoms with Crippen LogP contribution in [0.15, 0.2) is 72.5 Å². The largest absolute Gasteiger partial charge is 0.492 e. The van der Waals surface area contributed by atoms with Crippen LogP contribution in [0, 0.1) is 0 Å². The van der Waals surface area contributed by atoms with E-state index in [4.69, 9.17) is 16.3 Å². The Morgan fingerprint density at radius 3 is 2.62 bits per heavy atom. The highest BCUT2D eigenvalue weighted by Gasteiger charge is 2.07. The lowest BCUT2D eigenvalue weighted by molar-refractivity contribution is 0.300. The minimum atomic E-state index is 0.558. The van der Waals surface area contributed by atoms with Gasteiger partial charge in [-0.05, 0) is 30.3 Å². The van der Waals surface area contributed by atoms with E-state index in [1.54, 1.807) is 17.3 Å². The Labute approximate surface area is 155 Å². The summed E-state index contributed by atoms with van der Waals surface area (Å²) in [5.74, 6) is 0.806. The van der Waals surface area contributed by atoms with Gasteiger partial charge in [-0.25, -0.2) is 4.68 Å². The van der Waals surface area contributed by atoms with Crippen molar-refractivity contribution in [2.45, 2.75) is 6.54 Å². The van der Waals surface area contributed by atoms with E-state index in [2.05, 4.69) is 38.2 Å². The fourth-order valence-electron chi connectivity index (χ4n) is 2.74.